The number of carbonyl (C=O) groups is 2. The molecule has 5 heteroatoms. The van der Waals surface area contributed by atoms with Gasteiger partial charge in [0.05, 0.1) is 25.6 Å². The van der Waals surface area contributed by atoms with Gasteiger partial charge in [-0.15, -0.1) is 0 Å². The minimum Gasteiger partial charge on any atom is -0.469 e. The lowest BCUT2D eigenvalue weighted by molar-refractivity contribution is -0.147. The Morgan fingerprint density at radius 2 is 2.21 bits per heavy atom. The maximum atomic E-state index is 12.0. The van der Waals surface area contributed by atoms with Gasteiger partial charge in [0, 0.05) is 12.3 Å². The van der Waals surface area contributed by atoms with Gasteiger partial charge in [-0.2, -0.15) is 0 Å². The molecule has 1 heterocycles. The first kappa shape index (κ1) is 18.7. The number of hydrogen-bond donors (Lipinski definition) is 1. The van der Waals surface area contributed by atoms with Crippen LogP contribution in [0.3, 0.4) is 0 Å². The zero-order chi connectivity index (χ0) is 17.9. The van der Waals surface area contributed by atoms with Gasteiger partial charge in [0.2, 0.25) is 0 Å². The minimum atomic E-state index is -0.606. The van der Waals surface area contributed by atoms with Gasteiger partial charge in [0.15, 0.2) is 0 Å². The summed E-state index contributed by atoms with van der Waals surface area (Å²) in [4.78, 5) is 23.5. The molecule has 24 heavy (non-hydrogen) atoms. The van der Waals surface area contributed by atoms with Crippen LogP contribution in [0.1, 0.15) is 52.9 Å². The summed E-state index contributed by atoms with van der Waals surface area (Å²) in [5.41, 5.74) is 0.621. The first-order valence-electron chi connectivity index (χ1n) is 8.67. The van der Waals surface area contributed by atoms with E-state index in [0.29, 0.717) is 12.2 Å². The van der Waals surface area contributed by atoms with Crippen molar-refractivity contribution in [2.75, 3.05) is 7.11 Å². The molecule has 0 fully saturated rings. The molecule has 1 aliphatic heterocycles. The van der Waals surface area contributed by atoms with Gasteiger partial charge >= 0.3 is 11.9 Å². The summed E-state index contributed by atoms with van der Waals surface area (Å²) >= 11 is 0. The average Bonchev–Trinajstić information content (AvgIpc) is 3.06. The molecule has 0 spiro atoms. The fraction of sp³-hybridized carbons (Fsp3) is 0.684. The molecule has 0 bridgehead atoms. The molecule has 2 aliphatic rings. The highest BCUT2D eigenvalue weighted by Crippen LogP contribution is 2.45. The molecular formula is C19H28O5. The fourth-order valence-corrected chi connectivity index (χ4v) is 3.44. The molecule has 1 aliphatic carbocycles. The molecule has 3 atom stereocenters. The normalized spacial score (nSPS) is 25.1. The second kappa shape index (κ2) is 7.51. The van der Waals surface area contributed by atoms with E-state index in [9.17, 15) is 14.7 Å². The summed E-state index contributed by atoms with van der Waals surface area (Å²) in [6.45, 7) is 6.21. The molecule has 3 unspecified atom stereocenters. The van der Waals surface area contributed by atoms with Gasteiger partial charge in [-0.05, 0) is 17.4 Å². The second-order valence-corrected chi connectivity index (χ2v) is 7.38. The zero-order valence-electron chi connectivity index (χ0n) is 15.0. The molecule has 0 radical (unpaired) electrons. The Bertz CT molecular complexity index is 558. The van der Waals surface area contributed by atoms with E-state index in [-0.39, 0.29) is 35.6 Å². The molecule has 5 nitrogen and oxygen atoms in total. The van der Waals surface area contributed by atoms with Crippen LogP contribution in [-0.2, 0) is 19.1 Å². The van der Waals surface area contributed by atoms with Gasteiger partial charge in [-0.25, -0.2) is 0 Å². The van der Waals surface area contributed by atoms with Crippen molar-refractivity contribution in [2.45, 2.75) is 59.0 Å². The third kappa shape index (κ3) is 3.89. The van der Waals surface area contributed by atoms with Crippen molar-refractivity contribution in [3.05, 3.63) is 23.5 Å². The number of methoxy groups -OCH3 is 1. The molecule has 0 saturated carbocycles. The standard InChI is InChI=1S/C19H28O5/c1-5-6-9-19(2,3)16(20)8-7-12-13-11-17(21)24-15(13)10-14(12)18(22)23-4/h7-8,12,14,16,20H,5-6,9-11H2,1-4H3/b8-7+. The number of hydrogen-bond acceptors (Lipinski definition) is 5. The summed E-state index contributed by atoms with van der Waals surface area (Å²) in [5.74, 6) is -0.601. The van der Waals surface area contributed by atoms with Gasteiger partial charge < -0.3 is 14.6 Å². The second-order valence-electron chi connectivity index (χ2n) is 7.38. The Morgan fingerprint density at radius 3 is 2.83 bits per heavy atom. The highest BCUT2D eigenvalue weighted by Gasteiger charge is 2.44. The Labute approximate surface area is 143 Å². The molecule has 0 aromatic heterocycles. The Kier molecular flexibility index (Phi) is 5.86. The number of aliphatic hydroxyl groups excluding tert-OH is 1. The lowest BCUT2D eigenvalue weighted by Crippen LogP contribution is -2.28. The summed E-state index contributed by atoms with van der Waals surface area (Å²) in [5, 5.41) is 10.5. The van der Waals surface area contributed by atoms with Crippen LogP contribution < -0.4 is 0 Å². The summed E-state index contributed by atoms with van der Waals surface area (Å²) in [6, 6.07) is 0. The predicted octanol–water partition coefficient (Wildman–Crippen LogP) is 3.13. The van der Waals surface area contributed by atoms with Crippen molar-refractivity contribution in [3.8, 4) is 0 Å². The lowest BCUT2D eigenvalue weighted by Gasteiger charge is -2.29. The number of ether oxygens (including phenoxy) is 2. The average molecular weight is 336 g/mol. The fourth-order valence-electron chi connectivity index (χ4n) is 3.44. The van der Waals surface area contributed by atoms with Gasteiger partial charge in [-0.3, -0.25) is 9.59 Å². The topological polar surface area (TPSA) is 72.8 Å². The maximum absolute atomic E-state index is 12.0. The van der Waals surface area contributed by atoms with Crippen LogP contribution in [0.15, 0.2) is 23.5 Å². The SMILES string of the molecule is CCCCC(C)(C)C(O)/C=C/C1C2=C(CC1C(=O)OC)OC(=O)C2. The van der Waals surface area contributed by atoms with Crippen LogP contribution in [0.5, 0.6) is 0 Å². The largest absolute Gasteiger partial charge is 0.469 e. The van der Waals surface area contributed by atoms with Crippen LogP contribution >= 0.6 is 0 Å². The van der Waals surface area contributed by atoms with Gasteiger partial charge in [0.1, 0.15) is 5.76 Å². The first-order chi connectivity index (χ1) is 11.3. The number of carbonyl (C=O) groups excluding carboxylic acids is 2. The third-order valence-corrected chi connectivity index (χ3v) is 5.15. The van der Waals surface area contributed by atoms with E-state index in [2.05, 4.69) is 6.92 Å². The predicted molar refractivity (Wildman–Crippen MR) is 89.8 cm³/mol. The highest BCUT2D eigenvalue weighted by molar-refractivity contribution is 5.81. The van der Waals surface area contributed by atoms with E-state index in [1.165, 1.54) is 7.11 Å². The molecular weight excluding hydrogens is 308 g/mol. The van der Waals surface area contributed by atoms with Crippen molar-refractivity contribution in [3.63, 3.8) is 0 Å². The zero-order valence-corrected chi connectivity index (χ0v) is 15.0. The molecule has 134 valence electrons. The first-order valence-corrected chi connectivity index (χ1v) is 8.67. The maximum Gasteiger partial charge on any atom is 0.315 e. The molecule has 1 N–H and O–H groups in total. The van der Waals surface area contributed by atoms with Gasteiger partial charge in [0.25, 0.3) is 0 Å². The summed E-state index contributed by atoms with van der Waals surface area (Å²) in [6.07, 6.45) is 6.68. The number of unbranched alkanes of at least 4 members (excludes halogenated alkanes) is 1. The summed E-state index contributed by atoms with van der Waals surface area (Å²) < 4.78 is 10.1. The Hall–Kier alpha value is -1.62. The number of esters is 2. The van der Waals surface area contributed by atoms with Crippen molar-refractivity contribution in [1.82, 2.24) is 0 Å². The smallest absolute Gasteiger partial charge is 0.315 e. The van der Waals surface area contributed by atoms with E-state index in [0.717, 1.165) is 24.8 Å². The molecule has 0 amide bonds. The van der Waals surface area contributed by atoms with E-state index >= 15 is 0 Å². The lowest BCUT2D eigenvalue weighted by atomic mass is 9.80. The molecule has 0 saturated heterocycles. The van der Waals surface area contributed by atoms with E-state index in [4.69, 9.17) is 9.47 Å². The Balaban J connectivity index is 2.14. The Morgan fingerprint density at radius 1 is 1.50 bits per heavy atom. The quantitative estimate of drug-likeness (QED) is 0.571. The van der Waals surface area contributed by atoms with Crippen molar-refractivity contribution in [2.24, 2.45) is 17.3 Å². The number of aliphatic hydroxyl groups is 1. The van der Waals surface area contributed by atoms with Crippen LogP contribution in [0.4, 0.5) is 0 Å². The van der Waals surface area contributed by atoms with Crippen LogP contribution in [0.25, 0.3) is 0 Å². The monoisotopic (exact) mass is 336 g/mol. The minimum absolute atomic E-state index is 0.215. The van der Waals surface area contributed by atoms with E-state index in [1.54, 1.807) is 6.08 Å². The van der Waals surface area contributed by atoms with E-state index < -0.39 is 6.10 Å². The number of rotatable bonds is 7. The van der Waals surface area contributed by atoms with Crippen LogP contribution in [-0.4, -0.2) is 30.3 Å². The highest BCUT2D eigenvalue weighted by atomic mass is 16.5. The van der Waals surface area contributed by atoms with Crippen molar-refractivity contribution in [1.29, 1.82) is 0 Å². The molecule has 0 aromatic carbocycles. The molecule has 0 aromatic rings. The van der Waals surface area contributed by atoms with Gasteiger partial charge in [-0.1, -0.05) is 45.8 Å². The van der Waals surface area contributed by atoms with Crippen molar-refractivity contribution < 1.29 is 24.2 Å². The van der Waals surface area contributed by atoms with Crippen LogP contribution in [0, 0.1) is 17.3 Å². The van der Waals surface area contributed by atoms with E-state index in [1.807, 2.05) is 19.9 Å². The summed E-state index contributed by atoms with van der Waals surface area (Å²) in [7, 11) is 1.36. The third-order valence-electron chi connectivity index (χ3n) is 5.15. The van der Waals surface area contributed by atoms with Crippen molar-refractivity contribution >= 4 is 11.9 Å². The molecule has 2 rings (SSSR count). The van der Waals surface area contributed by atoms with Crippen LogP contribution in [0.2, 0.25) is 0 Å². The number of allylic oxidation sites excluding steroid dienone is 2.